The first-order valence-corrected chi connectivity index (χ1v) is 5.46. The number of rotatable bonds is 2. The maximum atomic E-state index is 12.5. The lowest BCUT2D eigenvalue weighted by Crippen LogP contribution is -2.37. The molecule has 2 unspecified atom stereocenters. The number of likely N-dealkylation sites (N-methyl/N-ethyl adjacent to an activating group) is 1. The highest BCUT2D eigenvalue weighted by Gasteiger charge is 2.34. The first-order chi connectivity index (χ1) is 7.91. The Morgan fingerprint density at radius 3 is 2.71 bits per heavy atom. The zero-order valence-electron chi connectivity index (χ0n) is 9.64. The smallest absolute Gasteiger partial charge is 0.416 e. The summed E-state index contributed by atoms with van der Waals surface area (Å²) >= 11 is 0. The van der Waals surface area contributed by atoms with Gasteiger partial charge < -0.3 is 10.1 Å². The van der Waals surface area contributed by atoms with E-state index in [1.807, 2.05) is 6.92 Å². The summed E-state index contributed by atoms with van der Waals surface area (Å²) in [6, 6.07) is 3.75. The fourth-order valence-corrected chi connectivity index (χ4v) is 1.92. The third-order valence-electron chi connectivity index (χ3n) is 3.10. The minimum Gasteiger partial charge on any atom is -0.488 e. The molecule has 2 rings (SSSR count). The Hall–Kier alpha value is -1.23. The van der Waals surface area contributed by atoms with Gasteiger partial charge in [0.15, 0.2) is 0 Å². The molecule has 1 aromatic rings. The van der Waals surface area contributed by atoms with Crippen LogP contribution in [0.1, 0.15) is 18.1 Å². The van der Waals surface area contributed by atoms with Crippen LogP contribution in [0.25, 0.3) is 0 Å². The van der Waals surface area contributed by atoms with Gasteiger partial charge in [0.2, 0.25) is 0 Å². The van der Waals surface area contributed by atoms with Crippen molar-refractivity contribution in [2.45, 2.75) is 31.7 Å². The number of hydrogen-bond acceptors (Lipinski definition) is 2. The van der Waals surface area contributed by atoms with Gasteiger partial charge in [0.05, 0.1) is 5.56 Å². The Morgan fingerprint density at radius 1 is 1.41 bits per heavy atom. The minimum atomic E-state index is -4.29. The van der Waals surface area contributed by atoms with Crippen molar-refractivity contribution in [1.29, 1.82) is 0 Å². The maximum absolute atomic E-state index is 12.5. The number of fused-ring (bicyclic) bond motifs is 1. The molecule has 0 fully saturated rings. The van der Waals surface area contributed by atoms with Crippen molar-refractivity contribution in [2.24, 2.45) is 0 Å². The van der Waals surface area contributed by atoms with Crippen LogP contribution in [0.3, 0.4) is 0 Å². The predicted molar refractivity (Wildman–Crippen MR) is 58.1 cm³/mol. The van der Waals surface area contributed by atoms with Crippen molar-refractivity contribution in [3.63, 3.8) is 0 Å². The fourth-order valence-electron chi connectivity index (χ4n) is 1.92. The van der Waals surface area contributed by atoms with Crippen LogP contribution in [0, 0.1) is 0 Å². The van der Waals surface area contributed by atoms with Crippen LogP contribution in [0.15, 0.2) is 18.2 Å². The Bertz CT molecular complexity index is 417. The molecule has 1 heterocycles. The number of hydrogen-bond donors (Lipinski definition) is 1. The molecule has 0 aliphatic carbocycles. The third kappa shape index (κ3) is 2.39. The van der Waals surface area contributed by atoms with Crippen LogP contribution < -0.4 is 10.1 Å². The SMILES string of the molecule is CNC(C)C1Cc2cc(C(F)(F)F)ccc2O1. The molecule has 2 atom stereocenters. The molecule has 2 nitrogen and oxygen atoms in total. The van der Waals surface area contributed by atoms with Gasteiger partial charge in [-0.05, 0) is 37.7 Å². The van der Waals surface area contributed by atoms with Gasteiger partial charge in [0.25, 0.3) is 0 Å². The molecule has 0 saturated carbocycles. The predicted octanol–water partition coefficient (Wildman–Crippen LogP) is 2.62. The number of alkyl halides is 3. The van der Waals surface area contributed by atoms with E-state index < -0.39 is 11.7 Å². The average molecular weight is 245 g/mol. The molecule has 1 N–H and O–H groups in total. The van der Waals surface area contributed by atoms with Crippen LogP contribution in [0.2, 0.25) is 0 Å². The number of nitrogens with one attached hydrogen (secondary N) is 1. The highest BCUT2D eigenvalue weighted by atomic mass is 19.4. The van der Waals surface area contributed by atoms with Gasteiger partial charge in [-0.25, -0.2) is 0 Å². The number of ether oxygens (including phenoxy) is 1. The van der Waals surface area contributed by atoms with Crippen molar-refractivity contribution < 1.29 is 17.9 Å². The van der Waals surface area contributed by atoms with Crippen molar-refractivity contribution in [2.75, 3.05) is 7.05 Å². The average Bonchev–Trinajstić information content (AvgIpc) is 2.69. The summed E-state index contributed by atoms with van der Waals surface area (Å²) in [5.74, 6) is 0.560. The lowest BCUT2D eigenvalue weighted by Gasteiger charge is -2.17. The molecular formula is C12H14F3NO. The van der Waals surface area contributed by atoms with E-state index in [1.54, 1.807) is 7.05 Å². The molecule has 1 aromatic carbocycles. The molecule has 1 aliphatic heterocycles. The monoisotopic (exact) mass is 245 g/mol. The Labute approximate surface area is 97.8 Å². The van der Waals surface area contributed by atoms with E-state index >= 15 is 0 Å². The topological polar surface area (TPSA) is 21.3 Å². The summed E-state index contributed by atoms with van der Waals surface area (Å²) in [4.78, 5) is 0. The third-order valence-corrected chi connectivity index (χ3v) is 3.10. The van der Waals surface area contributed by atoms with E-state index in [-0.39, 0.29) is 12.1 Å². The van der Waals surface area contributed by atoms with Crippen LogP contribution in [0.4, 0.5) is 13.2 Å². The second-order valence-corrected chi connectivity index (χ2v) is 4.26. The summed E-state index contributed by atoms with van der Waals surface area (Å²) < 4.78 is 43.2. The minimum absolute atomic E-state index is 0.0986. The molecule has 17 heavy (non-hydrogen) atoms. The van der Waals surface area contributed by atoms with Crippen molar-refractivity contribution in [1.82, 2.24) is 5.32 Å². The molecule has 5 heteroatoms. The van der Waals surface area contributed by atoms with Crippen LogP contribution in [0.5, 0.6) is 5.75 Å². The quantitative estimate of drug-likeness (QED) is 0.864. The van der Waals surface area contributed by atoms with Gasteiger partial charge in [-0.2, -0.15) is 13.2 Å². The lowest BCUT2D eigenvalue weighted by atomic mass is 10.0. The van der Waals surface area contributed by atoms with E-state index in [4.69, 9.17) is 4.74 Å². The van der Waals surface area contributed by atoms with E-state index in [2.05, 4.69) is 5.32 Å². The number of benzene rings is 1. The summed E-state index contributed by atoms with van der Waals surface area (Å²) in [5.41, 5.74) is 0.0181. The highest BCUT2D eigenvalue weighted by Crippen LogP contribution is 2.36. The van der Waals surface area contributed by atoms with E-state index in [0.29, 0.717) is 17.7 Å². The second-order valence-electron chi connectivity index (χ2n) is 4.26. The summed E-state index contributed by atoms with van der Waals surface area (Å²) in [5, 5.41) is 3.04. The van der Waals surface area contributed by atoms with E-state index in [9.17, 15) is 13.2 Å². The van der Waals surface area contributed by atoms with Gasteiger partial charge in [-0.1, -0.05) is 0 Å². The molecule has 0 amide bonds. The van der Waals surface area contributed by atoms with Crippen molar-refractivity contribution >= 4 is 0 Å². The number of halogens is 3. The van der Waals surface area contributed by atoms with E-state index in [0.717, 1.165) is 6.07 Å². The van der Waals surface area contributed by atoms with Gasteiger partial charge in [0.1, 0.15) is 11.9 Å². The van der Waals surface area contributed by atoms with Crippen molar-refractivity contribution in [3.8, 4) is 5.75 Å². The molecular weight excluding hydrogens is 231 g/mol. The fraction of sp³-hybridized carbons (Fsp3) is 0.500. The van der Waals surface area contributed by atoms with Gasteiger partial charge in [-0.15, -0.1) is 0 Å². The van der Waals surface area contributed by atoms with Crippen molar-refractivity contribution in [3.05, 3.63) is 29.3 Å². The molecule has 94 valence electrons. The maximum Gasteiger partial charge on any atom is 0.416 e. The van der Waals surface area contributed by atoms with Crippen LogP contribution in [-0.2, 0) is 12.6 Å². The summed E-state index contributed by atoms with van der Waals surface area (Å²) in [7, 11) is 1.80. The Morgan fingerprint density at radius 2 is 2.12 bits per heavy atom. The standard InChI is InChI=1S/C12H14F3NO/c1-7(16-2)11-6-8-5-9(12(13,14)15)3-4-10(8)17-11/h3-5,7,11,16H,6H2,1-2H3. The molecule has 1 aliphatic rings. The molecule has 0 spiro atoms. The Balaban J connectivity index is 2.22. The second kappa shape index (κ2) is 4.22. The molecule has 0 radical (unpaired) electrons. The first-order valence-electron chi connectivity index (χ1n) is 5.46. The molecule has 0 saturated heterocycles. The molecule has 0 aromatic heterocycles. The van der Waals surface area contributed by atoms with Crippen LogP contribution in [-0.4, -0.2) is 19.2 Å². The lowest BCUT2D eigenvalue weighted by molar-refractivity contribution is -0.137. The van der Waals surface area contributed by atoms with Gasteiger partial charge in [0, 0.05) is 12.5 Å². The zero-order valence-corrected chi connectivity index (χ0v) is 9.64. The summed E-state index contributed by atoms with van der Waals surface area (Å²) in [6.45, 7) is 1.95. The highest BCUT2D eigenvalue weighted by molar-refractivity contribution is 5.41. The normalized spacial score (nSPS) is 20.9. The first kappa shape index (κ1) is 12.2. The van der Waals surface area contributed by atoms with Gasteiger partial charge in [-0.3, -0.25) is 0 Å². The zero-order chi connectivity index (χ0) is 12.6. The van der Waals surface area contributed by atoms with E-state index in [1.165, 1.54) is 12.1 Å². The van der Waals surface area contributed by atoms with Gasteiger partial charge >= 0.3 is 6.18 Å². The largest absolute Gasteiger partial charge is 0.488 e. The Kier molecular flexibility index (Phi) is 3.03. The summed E-state index contributed by atoms with van der Waals surface area (Å²) in [6.07, 6.45) is -3.87. The van der Waals surface area contributed by atoms with Crippen LogP contribution >= 0.6 is 0 Å². The molecule has 0 bridgehead atoms.